The normalized spacial score (nSPS) is 11.0. The van der Waals surface area contributed by atoms with Crippen molar-refractivity contribution in [3.8, 4) is 11.1 Å². The molecule has 0 atom stereocenters. The second-order valence-corrected chi connectivity index (χ2v) is 11.4. The summed E-state index contributed by atoms with van der Waals surface area (Å²) >= 11 is 1.30. The second-order valence-electron chi connectivity index (χ2n) is 11.4. The molecule has 0 N–H and O–H groups in total. The quantitative estimate of drug-likeness (QED) is 0.249. The zero-order valence-corrected chi connectivity index (χ0v) is 27.4. The summed E-state index contributed by atoms with van der Waals surface area (Å²) in [6, 6.07) is 28.9. The van der Waals surface area contributed by atoms with Gasteiger partial charge in [0.1, 0.15) is 5.82 Å². The molecule has 5 rings (SSSR count). The van der Waals surface area contributed by atoms with Gasteiger partial charge < -0.3 is 24.8 Å². The van der Waals surface area contributed by atoms with Crippen LogP contribution in [0.1, 0.15) is 58.2 Å². The minimum atomic E-state index is -0.187. The average Bonchev–Trinajstić information content (AvgIpc) is 3.42. The van der Waals surface area contributed by atoms with Crippen LogP contribution >= 0.6 is 0 Å². The number of fused-ring (bicyclic) bond motifs is 3. The molecule has 5 aromatic carbocycles. The third-order valence-electron chi connectivity index (χ3n) is 6.63. The van der Waals surface area contributed by atoms with Gasteiger partial charge in [0.2, 0.25) is 0 Å². The topological polar surface area (TPSA) is 0 Å². The van der Waals surface area contributed by atoms with E-state index in [-0.39, 0.29) is 41.5 Å². The Labute approximate surface area is 255 Å². The van der Waals surface area contributed by atoms with Gasteiger partial charge >= 0.3 is 28.4 Å². The van der Waals surface area contributed by atoms with E-state index < -0.39 is 0 Å². The van der Waals surface area contributed by atoms with Crippen molar-refractivity contribution >= 4 is 25.8 Å². The fraction of sp³-hybridized carbons (Fsp3) is 0.265. The molecule has 0 aliphatic carbocycles. The van der Waals surface area contributed by atoms with Crippen LogP contribution < -0.4 is 24.8 Å². The Kier molecular flexibility index (Phi) is 12.6. The molecule has 0 radical (unpaired) electrons. The fourth-order valence-corrected chi connectivity index (χ4v) is 4.42. The van der Waals surface area contributed by atoms with Gasteiger partial charge in [-0.25, -0.2) is 4.39 Å². The zero-order chi connectivity index (χ0) is 26.7. The van der Waals surface area contributed by atoms with Crippen LogP contribution in [0, 0.1) is 12.7 Å². The summed E-state index contributed by atoms with van der Waals surface area (Å²) in [5.74, 6) is -0.187. The Bertz CT molecular complexity index is 1380. The molecule has 0 nitrogen and oxygen atoms in total. The van der Waals surface area contributed by atoms with Crippen molar-refractivity contribution in [2.45, 2.75) is 59.3 Å². The van der Waals surface area contributed by atoms with E-state index in [1.54, 1.807) is 12.1 Å². The number of hydrogen-bond donors (Lipinski definition) is 0. The minimum absolute atomic E-state index is 0. The van der Waals surface area contributed by atoms with Crippen LogP contribution in [0.2, 0.25) is 0 Å². The summed E-state index contributed by atoms with van der Waals surface area (Å²) in [6.45, 7) is 15.7. The molecular weight excluding hydrogens is 590 g/mol. The summed E-state index contributed by atoms with van der Waals surface area (Å²) < 4.78 is 16.0. The molecular formula is C34H37Cl2FZr-2. The Morgan fingerprint density at radius 2 is 1.16 bits per heavy atom. The van der Waals surface area contributed by atoms with Gasteiger partial charge in [-0.05, 0) is 10.8 Å². The Balaban J connectivity index is 0.000000369. The maximum Gasteiger partial charge on any atom is -1.00 e. The number of rotatable bonds is 1. The molecule has 0 spiro atoms. The van der Waals surface area contributed by atoms with Gasteiger partial charge in [0.15, 0.2) is 0 Å². The van der Waals surface area contributed by atoms with Gasteiger partial charge in [0.05, 0.1) is 0 Å². The third-order valence-corrected chi connectivity index (χ3v) is 6.63. The van der Waals surface area contributed by atoms with Crippen molar-refractivity contribution in [2.75, 3.05) is 0 Å². The van der Waals surface area contributed by atoms with E-state index in [1.807, 2.05) is 12.1 Å². The summed E-state index contributed by atoms with van der Waals surface area (Å²) in [5, 5.41) is 5.48. The Morgan fingerprint density at radius 3 is 1.53 bits per heavy atom. The molecule has 0 amide bonds. The van der Waals surface area contributed by atoms with Crippen molar-refractivity contribution in [3.05, 3.63) is 107 Å². The predicted molar refractivity (Wildman–Crippen MR) is 154 cm³/mol. The minimum Gasteiger partial charge on any atom is -1.00 e. The zero-order valence-electron chi connectivity index (χ0n) is 23.4. The second kappa shape index (κ2) is 14.0. The van der Waals surface area contributed by atoms with Gasteiger partial charge in [0.25, 0.3) is 0 Å². The van der Waals surface area contributed by atoms with Crippen LogP contribution in [0.15, 0.2) is 84.9 Å². The first kappa shape index (κ1) is 34.2. The number of aryl methyl sites for hydroxylation is 1. The monoisotopic (exact) mass is 624 g/mol. The van der Waals surface area contributed by atoms with Crippen LogP contribution in [0.5, 0.6) is 0 Å². The van der Waals surface area contributed by atoms with Crippen molar-refractivity contribution in [1.29, 1.82) is 0 Å². The van der Waals surface area contributed by atoms with E-state index in [4.69, 9.17) is 0 Å². The van der Waals surface area contributed by atoms with E-state index >= 15 is 0 Å². The molecule has 0 saturated heterocycles. The molecule has 0 aliphatic heterocycles. The van der Waals surface area contributed by atoms with Gasteiger partial charge in [-0.3, -0.25) is 0 Å². The molecule has 0 fully saturated rings. The number of hydrogen-bond acceptors (Lipinski definition) is 0. The maximum absolute atomic E-state index is 12.6. The van der Waals surface area contributed by atoms with Crippen LogP contribution in [-0.4, -0.2) is 4.21 Å². The van der Waals surface area contributed by atoms with Crippen LogP contribution in [0.4, 0.5) is 4.39 Å². The first-order valence-corrected chi connectivity index (χ1v) is 14.1. The summed E-state index contributed by atoms with van der Waals surface area (Å²) in [7, 11) is 0. The van der Waals surface area contributed by atoms with E-state index in [0.29, 0.717) is 0 Å². The SMILES string of the molecule is CC(C)(C)c1ccc2c(c1)[cH-]c1cc(C(C)(C)C)ccc12.Cc1ccc[c-]1-c1ccc(F)cc1.[CH2]=[Zr+2].[Cl-].[Cl-]. The molecule has 38 heavy (non-hydrogen) atoms. The first-order valence-electron chi connectivity index (χ1n) is 12.4. The summed E-state index contributed by atoms with van der Waals surface area (Å²) in [6.07, 6.45) is 0. The smallest absolute Gasteiger partial charge is 1.00 e. The van der Waals surface area contributed by atoms with E-state index in [0.717, 1.165) is 5.56 Å². The van der Waals surface area contributed by atoms with Crippen molar-refractivity contribution in [1.82, 2.24) is 0 Å². The molecule has 0 aliphatic rings. The molecule has 0 bridgehead atoms. The standard InChI is InChI=1S/C21H25.C12H10F.CH2.2ClH.Zr/c1-20(2,3)16-7-9-18-14(12-16)11-15-13-17(21(4,5)6)8-10-19(15)18;1-9-3-2-4-12(9)10-5-7-11(13)8-6-10;;;;/h7-13H,1-6H3;2-8H,1H3;1H2;2*1H;/q2*-1;;;;+2/p-2. The van der Waals surface area contributed by atoms with Crippen LogP contribution in [-0.2, 0) is 35.1 Å². The number of halogens is 3. The van der Waals surface area contributed by atoms with E-state index in [1.165, 1.54) is 80.2 Å². The largest absolute Gasteiger partial charge is 1.00 e. The Morgan fingerprint density at radius 1 is 0.711 bits per heavy atom. The molecule has 0 saturated carbocycles. The molecule has 0 heterocycles. The molecule has 4 heteroatoms. The molecule has 0 unspecified atom stereocenters. The molecule has 0 aromatic heterocycles. The fourth-order valence-electron chi connectivity index (χ4n) is 4.42. The van der Waals surface area contributed by atoms with Gasteiger partial charge in [0, 0.05) is 0 Å². The van der Waals surface area contributed by atoms with Crippen LogP contribution in [0.3, 0.4) is 0 Å². The van der Waals surface area contributed by atoms with E-state index in [9.17, 15) is 4.39 Å². The molecule has 200 valence electrons. The van der Waals surface area contributed by atoms with Gasteiger partial charge in [-0.1, -0.05) is 102 Å². The maximum atomic E-state index is 12.6. The van der Waals surface area contributed by atoms with Crippen LogP contribution in [0.25, 0.3) is 32.7 Å². The van der Waals surface area contributed by atoms with Crippen molar-refractivity contribution in [2.24, 2.45) is 0 Å². The summed E-state index contributed by atoms with van der Waals surface area (Å²) in [4.78, 5) is 0. The molecule has 5 aromatic rings. The predicted octanol–water partition coefficient (Wildman–Crippen LogP) is 3.80. The van der Waals surface area contributed by atoms with Crippen molar-refractivity contribution in [3.63, 3.8) is 0 Å². The van der Waals surface area contributed by atoms with Gasteiger partial charge in [-0.2, -0.15) is 6.07 Å². The summed E-state index contributed by atoms with van der Waals surface area (Å²) in [5.41, 5.74) is 6.70. The van der Waals surface area contributed by atoms with Gasteiger partial charge in [-0.15, -0.1) is 75.1 Å². The third kappa shape index (κ3) is 8.08. The Hall–Kier alpha value is -1.86. The van der Waals surface area contributed by atoms with E-state index in [2.05, 4.69) is 101 Å². The average molecular weight is 627 g/mol. The first-order chi connectivity index (χ1) is 16.9. The number of benzene rings is 3. The van der Waals surface area contributed by atoms with Crippen molar-refractivity contribution < 1.29 is 53.4 Å².